The van der Waals surface area contributed by atoms with Crippen molar-refractivity contribution in [1.29, 1.82) is 0 Å². The average molecular weight is 371 g/mol. The fraction of sp³-hybridized carbons (Fsp3) is 0.227. The van der Waals surface area contributed by atoms with Gasteiger partial charge in [-0.3, -0.25) is 9.89 Å². The number of aryl methyl sites for hydroxylation is 1. The van der Waals surface area contributed by atoms with Gasteiger partial charge in [-0.25, -0.2) is 4.98 Å². The standard InChI is InChI=1S/C22H21N5O/c28-22(20-15-9-6-12-16(15)26-27-20)25-19(13-14-7-2-1-3-8-14)21-23-17-10-4-5-11-18(17)24-21/h1-5,7-8,10-11,19H,6,9,12-13H2,(H,23,24)(H,25,28)(H,26,27)/t19-/m0/s1. The number of H-pyrrole nitrogens is 2. The number of nitrogens with zero attached hydrogens (tertiary/aromatic N) is 2. The Morgan fingerprint density at radius 2 is 1.89 bits per heavy atom. The highest BCUT2D eigenvalue weighted by molar-refractivity contribution is 5.94. The van der Waals surface area contributed by atoms with Gasteiger partial charge in [0.15, 0.2) is 5.69 Å². The minimum absolute atomic E-state index is 0.152. The molecule has 0 unspecified atom stereocenters. The molecule has 5 rings (SSSR count). The fourth-order valence-electron chi connectivity index (χ4n) is 3.94. The second kappa shape index (κ2) is 6.96. The molecule has 1 aliphatic rings. The molecule has 2 aromatic heterocycles. The minimum Gasteiger partial charge on any atom is -0.340 e. The van der Waals surface area contributed by atoms with Crippen LogP contribution in [-0.2, 0) is 19.3 Å². The highest BCUT2D eigenvalue weighted by Crippen LogP contribution is 2.24. The van der Waals surface area contributed by atoms with Crippen LogP contribution in [0.3, 0.4) is 0 Å². The van der Waals surface area contributed by atoms with Gasteiger partial charge in [0.05, 0.1) is 17.1 Å². The molecule has 0 aliphatic heterocycles. The summed E-state index contributed by atoms with van der Waals surface area (Å²) in [7, 11) is 0. The Labute approximate surface area is 162 Å². The van der Waals surface area contributed by atoms with E-state index in [0.29, 0.717) is 12.1 Å². The first-order chi connectivity index (χ1) is 13.8. The molecule has 0 spiro atoms. The first-order valence-electron chi connectivity index (χ1n) is 9.63. The molecule has 6 nitrogen and oxygen atoms in total. The Kier molecular flexibility index (Phi) is 4.16. The molecule has 2 aromatic carbocycles. The van der Waals surface area contributed by atoms with Crippen molar-refractivity contribution in [3.05, 3.63) is 82.9 Å². The van der Waals surface area contributed by atoms with E-state index in [2.05, 4.69) is 32.6 Å². The van der Waals surface area contributed by atoms with Crippen LogP contribution in [0.4, 0.5) is 0 Å². The topological polar surface area (TPSA) is 86.5 Å². The zero-order valence-corrected chi connectivity index (χ0v) is 15.4. The Balaban J connectivity index is 1.47. The van der Waals surface area contributed by atoms with Gasteiger partial charge in [0.25, 0.3) is 5.91 Å². The Hall–Kier alpha value is -3.41. The van der Waals surface area contributed by atoms with Crippen LogP contribution >= 0.6 is 0 Å². The molecule has 0 bridgehead atoms. The van der Waals surface area contributed by atoms with Crippen molar-refractivity contribution in [3.8, 4) is 0 Å². The highest BCUT2D eigenvalue weighted by atomic mass is 16.2. The number of aromatic nitrogens is 4. The summed E-state index contributed by atoms with van der Waals surface area (Å²) in [6, 6.07) is 17.8. The predicted octanol–water partition coefficient (Wildman–Crippen LogP) is 3.49. The van der Waals surface area contributed by atoms with Crippen molar-refractivity contribution < 1.29 is 4.79 Å². The Morgan fingerprint density at radius 1 is 1.07 bits per heavy atom. The van der Waals surface area contributed by atoms with Gasteiger partial charge in [0.1, 0.15) is 5.82 Å². The number of amides is 1. The number of hydrogen-bond acceptors (Lipinski definition) is 3. The summed E-state index contributed by atoms with van der Waals surface area (Å²) in [4.78, 5) is 21.1. The van der Waals surface area contributed by atoms with E-state index in [1.807, 2.05) is 42.5 Å². The van der Waals surface area contributed by atoms with Gasteiger partial charge in [-0.05, 0) is 43.4 Å². The molecular formula is C22H21N5O. The molecule has 28 heavy (non-hydrogen) atoms. The number of fused-ring (bicyclic) bond motifs is 2. The smallest absolute Gasteiger partial charge is 0.272 e. The molecule has 2 heterocycles. The number of aromatic amines is 2. The maximum Gasteiger partial charge on any atom is 0.272 e. The van der Waals surface area contributed by atoms with E-state index >= 15 is 0 Å². The van der Waals surface area contributed by atoms with Crippen molar-refractivity contribution in [1.82, 2.24) is 25.5 Å². The van der Waals surface area contributed by atoms with Crippen LogP contribution < -0.4 is 5.32 Å². The van der Waals surface area contributed by atoms with E-state index in [4.69, 9.17) is 4.98 Å². The second-order valence-electron chi connectivity index (χ2n) is 7.24. The zero-order chi connectivity index (χ0) is 18.9. The van der Waals surface area contributed by atoms with Gasteiger partial charge < -0.3 is 10.3 Å². The zero-order valence-electron chi connectivity index (χ0n) is 15.4. The quantitative estimate of drug-likeness (QED) is 0.502. The molecule has 0 radical (unpaired) electrons. The van der Waals surface area contributed by atoms with Crippen molar-refractivity contribution in [3.63, 3.8) is 0 Å². The number of benzene rings is 2. The number of imidazole rings is 1. The van der Waals surface area contributed by atoms with E-state index in [-0.39, 0.29) is 11.9 Å². The number of rotatable bonds is 5. The van der Waals surface area contributed by atoms with Crippen LogP contribution in [0.5, 0.6) is 0 Å². The third-order valence-electron chi connectivity index (χ3n) is 5.35. The van der Waals surface area contributed by atoms with Crippen LogP contribution in [0.2, 0.25) is 0 Å². The third-order valence-corrected chi connectivity index (χ3v) is 5.35. The summed E-state index contributed by atoms with van der Waals surface area (Å²) in [6.07, 6.45) is 3.59. The Morgan fingerprint density at radius 3 is 2.75 bits per heavy atom. The van der Waals surface area contributed by atoms with E-state index in [1.165, 1.54) is 0 Å². The van der Waals surface area contributed by atoms with Gasteiger partial charge in [0, 0.05) is 11.3 Å². The van der Waals surface area contributed by atoms with E-state index < -0.39 is 0 Å². The monoisotopic (exact) mass is 371 g/mol. The molecule has 4 aromatic rings. The van der Waals surface area contributed by atoms with E-state index in [1.54, 1.807) is 0 Å². The van der Waals surface area contributed by atoms with Crippen LogP contribution in [0, 0.1) is 0 Å². The number of para-hydroxylation sites is 2. The van der Waals surface area contributed by atoms with Crippen LogP contribution in [-0.4, -0.2) is 26.1 Å². The third kappa shape index (κ3) is 3.07. The molecule has 1 amide bonds. The van der Waals surface area contributed by atoms with Crippen molar-refractivity contribution in [2.45, 2.75) is 31.7 Å². The number of carbonyl (C=O) groups excluding carboxylic acids is 1. The molecule has 6 heteroatoms. The van der Waals surface area contributed by atoms with Crippen molar-refractivity contribution in [2.24, 2.45) is 0 Å². The van der Waals surface area contributed by atoms with Gasteiger partial charge in [0.2, 0.25) is 0 Å². The molecule has 140 valence electrons. The molecule has 3 N–H and O–H groups in total. The number of nitrogens with one attached hydrogen (secondary N) is 3. The lowest BCUT2D eigenvalue weighted by Gasteiger charge is -2.16. The predicted molar refractivity (Wildman–Crippen MR) is 107 cm³/mol. The van der Waals surface area contributed by atoms with Gasteiger partial charge in [-0.2, -0.15) is 5.10 Å². The van der Waals surface area contributed by atoms with Crippen LogP contribution in [0.1, 0.15) is 45.6 Å². The molecule has 0 saturated heterocycles. The van der Waals surface area contributed by atoms with Crippen LogP contribution in [0.25, 0.3) is 11.0 Å². The second-order valence-corrected chi connectivity index (χ2v) is 7.24. The maximum absolute atomic E-state index is 13.0. The Bertz CT molecular complexity index is 1100. The van der Waals surface area contributed by atoms with E-state index in [9.17, 15) is 4.79 Å². The molecule has 1 atom stereocenters. The maximum atomic E-state index is 13.0. The summed E-state index contributed by atoms with van der Waals surface area (Å²) in [5.74, 6) is 0.603. The lowest BCUT2D eigenvalue weighted by molar-refractivity contribution is 0.0929. The number of hydrogen-bond donors (Lipinski definition) is 3. The molecule has 0 fully saturated rings. The largest absolute Gasteiger partial charge is 0.340 e. The number of carbonyl (C=O) groups is 1. The summed E-state index contributed by atoms with van der Waals surface area (Å²) in [5, 5.41) is 10.4. The van der Waals surface area contributed by atoms with E-state index in [0.717, 1.165) is 52.9 Å². The summed E-state index contributed by atoms with van der Waals surface area (Å²) in [5.41, 5.74) is 5.66. The normalized spacial score (nSPS) is 14.1. The summed E-state index contributed by atoms with van der Waals surface area (Å²) >= 11 is 0. The first kappa shape index (κ1) is 16.7. The molecule has 1 aliphatic carbocycles. The highest BCUT2D eigenvalue weighted by Gasteiger charge is 2.26. The SMILES string of the molecule is O=C(N[C@@H](Cc1ccccc1)c1nc2ccccc2[nH]1)c1n[nH]c2c1CCC2. The van der Waals surface area contributed by atoms with Crippen LogP contribution in [0.15, 0.2) is 54.6 Å². The van der Waals surface area contributed by atoms with Crippen molar-refractivity contribution >= 4 is 16.9 Å². The molecular weight excluding hydrogens is 350 g/mol. The summed E-state index contributed by atoms with van der Waals surface area (Å²) in [6.45, 7) is 0. The van der Waals surface area contributed by atoms with Crippen molar-refractivity contribution in [2.75, 3.05) is 0 Å². The van der Waals surface area contributed by atoms with Gasteiger partial charge in [-0.15, -0.1) is 0 Å². The fourth-order valence-corrected chi connectivity index (χ4v) is 3.94. The first-order valence-corrected chi connectivity index (χ1v) is 9.63. The minimum atomic E-state index is -0.268. The van der Waals surface area contributed by atoms with Gasteiger partial charge >= 0.3 is 0 Å². The summed E-state index contributed by atoms with van der Waals surface area (Å²) < 4.78 is 0. The lowest BCUT2D eigenvalue weighted by atomic mass is 10.0. The average Bonchev–Trinajstić information content (AvgIpc) is 3.43. The lowest BCUT2D eigenvalue weighted by Crippen LogP contribution is -2.31. The molecule has 0 saturated carbocycles. The van der Waals surface area contributed by atoms with Gasteiger partial charge in [-0.1, -0.05) is 42.5 Å².